The summed E-state index contributed by atoms with van der Waals surface area (Å²) in [6.07, 6.45) is 2.27. The molecule has 18 heavy (non-hydrogen) atoms. The van der Waals surface area contributed by atoms with Gasteiger partial charge in [-0.25, -0.2) is 0 Å². The minimum Gasteiger partial charge on any atom is -0.384 e. The highest BCUT2D eigenvalue weighted by Crippen LogP contribution is 2.32. The lowest BCUT2D eigenvalue weighted by molar-refractivity contribution is -0.119. The van der Waals surface area contributed by atoms with Crippen molar-refractivity contribution in [1.29, 1.82) is 0 Å². The maximum absolute atomic E-state index is 12.3. The van der Waals surface area contributed by atoms with Crippen LogP contribution in [0.1, 0.15) is 17.2 Å². The Morgan fingerprint density at radius 2 is 2.28 bits per heavy atom. The molecule has 3 rings (SSSR count). The number of aromatic nitrogens is 2. The number of para-hydroxylation sites is 1. The van der Waals surface area contributed by atoms with Crippen molar-refractivity contribution in [3.05, 3.63) is 47.8 Å². The first kappa shape index (κ1) is 11.0. The van der Waals surface area contributed by atoms with Crippen molar-refractivity contribution in [2.24, 2.45) is 7.05 Å². The van der Waals surface area contributed by atoms with Crippen molar-refractivity contribution in [2.75, 3.05) is 11.9 Å². The largest absolute Gasteiger partial charge is 0.384 e. The smallest absolute Gasteiger partial charge is 0.148 e. The zero-order valence-electron chi connectivity index (χ0n) is 10.3. The number of rotatable bonds is 3. The molecule has 1 aromatic carbocycles. The van der Waals surface area contributed by atoms with E-state index in [4.69, 9.17) is 0 Å². The molecule has 4 nitrogen and oxygen atoms in total. The first-order chi connectivity index (χ1) is 8.74. The van der Waals surface area contributed by atoms with Crippen LogP contribution in [0, 0.1) is 0 Å². The zero-order valence-corrected chi connectivity index (χ0v) is 10.3. The summed E-state index contributed by atoms with van der Waals surface area (Å²) >= 11 is 0. The molecule has 0 aliphatic carbocycles. The molecule has 0 radical (unpaired) electrons. The van der Waals surface area contributed by atoms with E-state index >= 15 is 0 Å². The fourth-order valence-corrected chi connectivity index (χ4v) is 2.43. The minimum absolute atomic E-state index is 0.0387. The Bertz CT molecular complexity index is 588. The molecule has 1 aromatic heterocycles. The normalized spacial score (nSPS) is 17.3. The number of hydrogen-bond donors (Lipinski definition) is 1. The highest BCUT2D eigenvalue weighted by atomic mass is 16.1. The van der Waals surface area contributed by atoms with Gasteiger partial charge in [0.05, 0.1) is 18.0 Å². The molecule has 0 saturated heterocycles. The Hall–Kier alpha value is -2.10. The Labute approximate surface area is 106 Å². The molecule has 2 heterocycles. The summed E-state index contributed by atoms with van der Waals surface area (Å²) in [5, 5.41) is 7.53. The second kappa shape index (κ2) is 4.29. The summed E-state index contributed by atoms with van der Waals surface area (Å²) in [5.41, 5.74) is 3.03. The van der Waals surface area contributed by atoms with Gasteiger partial charge >= 0.3 is 0 Å². The number of anilines is 1. The third-order valence-electron chi connectivity index (χ3n) is 3.35. The van der Waals surface area contributed by atoms with Gasteiger partial charge in [0.1, 0.15) is 5.78 Å². The predicted molar refractivity (Wildman–Crippen MR) is 69.6 cm³/mol. The molecule has 1 atom stereocenters. The van der Waals surface area contributed by atoms with E-state index in [1.54, 1.807) is 4.68 Å². The average molecular weight is 241 g/mol. The van der Waals surface area contributed by atoms with E-state index in [9.17, 15) is 4.79 Å². The van der Waals surface area contributed by atoms with Crippen LogP contribution in [-0.4, -0.2) is 22.1 Å². The average Bonchev–Trinajstić information content (AvgIpc) is 2.95. The first-order valence-corrected chi connectivity index (χ1v) is 6.08. The quantitative estimate of drug-likeness (QED) is 0.890. The van der Waals surface area contributed by atoms with E-state index in [1.807, 2.05) is 43.6 Å². The van der Waals surface area contributed by atoms with Gasteiger partial charge in [0.25, 0.3) is 0 Å². The van der Waals surface area contributed by atoms with Gasteiger partial charge in [-0.15, -0.1) is 0 Å². The molecule has 0 saturated carbocycles. The molecule has 1 aliphatic heterocycles. The van der Waals surface area contributed by atoms with Gasteiger partial charge in [-0.2, -0.15) is 5.10 Å². The summed E-state index contributed by atoms with van der Waals surface area (Å²) in [5.74, 6) is 0.189. The van der Waals surface area contributed by atoms with Crippen LogP contribution in [0.5, 0.6) is 0 Å². The van der Waals surface area contributed by atoms with Gasteiger partial charge < -0.3 is 5.32 Å². The molecule has 0 amide bonds. The lowest BCUT2D eigenvalue weighted by Gasteiger charge is -2.07. The van der Waals surface area contributed by atoms with Crippen molar-refractivity contribution in [1.82, 2.24) is 9.78 Å². The molecule has 2 aromatic rings. The number of carbonyl (C=O) groups is 1. The number of Topliss-reactive ketones (excluding diaryl/α,β-unsaturated/α-hetero) is 1. The predicted octanol–water partition coefficient (Wildman–Crippen LogP) is 1.74. The van der Waals surface area contributed by atoms with Gasteiger partial charge in [-0.05, 0) is 17.7 Å². The van der Waals surface area contributed by atoms with Gasteiger partial charge in [0.2, 0.25) is 0 Å². The zero-order chi connectivity index (χ0) is 12.5. The van der Waals surface area contributed by atoms with Crippen molar-refractivity contribution < 1.29 is 4.79 Å². The summed E-state index contributed by atoms with van der Waals surface area (Å²) in [6.45, 7) is 0.699. The Morgan fingerprint density at radius 1 is 1.44 bits per heavy atom. The van der Waals surface area contributed by atoms with E-state index < -0.39 is 0 Å². The Balaban J connectivity index is 1.78. The topological polar surface area (TPSA) is 46.9 Å². The van der Waals surface area contributed by atoms with E-state index in [-0.39, 0.29) is 11.7 Å². The van der Waals surface area contributed by atoms with E-state index in [0.717, 1.165) is 16.9 Å². The van der Waals surface area contributed by atoms with Crippen molar-refractivity contribution in [2.45, 2.75) is 12.3 Å². The van der Waals surface area contributed by atoms with Crippen molar-refractivity contribution in [3.8, 4) is 0 Å². The summed E-state index contributed by atoms with van der Waals surface area (Å²) in [6, 6.07) is 9.90. The number of aryl methyl sites for hydroxylation is 1. The maximum atomic E-state index is 12.3. The first-order valence-electron chi connectivity index (χ1n) is 6.08. The van der Waals surface area contributed by atoms with E-state index in [1.165, 1.54) is 0 Å². The monoisotopic (exact) mass is 241 g/mol. The van der Waals surface area contributed by atoms with Gasteiger partial charge in [-0.3, -0.25) is 9.48 Å². The summed E-state index contributed by atoms with van der Waals surface area (Å²) in [7, 11) is 1.86. The highest BCUT2D eigenvalue weighted by Gasteiger charge is 2.28. The molecular formula is C14H15N3O. The second-order valence-electron chi connectivity index (χ2n) is 4.64. The van der Waals surface area contributed by atoms with Crippen molar-refractivity contribution in [3.63, 3.8) is 0 Å². The van der Waals surface area contributed by atoms with Crippen LogP contribution in [0.15, 0.2) is 36.5 Å². The molecule has 1 aliphatic rings. The number of nitrogens with zero attached hydrogens (tertiary/aromatic N) is 2. The number of ketones is 1. The van der Waals surface area contributed by atoms with Crippen LogP contribution in [0.3, 0.4) is 0 Å². The highest BCUT2D eigenvalue weighted by molar-refractivity contribution is 5.91. The molecular weight excluding hydrogens is 226 g/mol. The van der Waals surface area contributed by atoms with Gasteiger partial charge in [0, 0.05) is 25.5 Å². The van der Waals surface area contributed by atoms with Crippen molar-refractivity contribution >= 4 is 11.5 Å². The van der Waals surface area contributed by atoms with Crippen LogP contribution in [0.2, 0.25) is 0 Å². The third kappa shape index (κ3) is 1.90. The lowest BCUT2D eigenvalue weighted by Crippen LogP contribution is -2.17. The number of nitrogens with one attached hydrogen (secondary N) is 1. The van der Waals surface area contributed by atoms with E-state index in [0.29, 0.717) is 13.0 Å². The number of carbonyl (C=O) groups excluding carboxylic acids is 1. The fraction of sp³-hybridized carbons (Fsp3) is 0.286. The van der Waals surface area contributed by atoms with E-state index in [2.05, 4.69) is 10.4 Å². The maximum Gasteiger partial charge on any atom is 0.148 e. The fourth-order valence-electron chi connectivity index (χ4n) is 2.43. The van der Waals surface area contributed by atoms with Crippen LogP contribution in [0.4, 0.5) is 5.69 Å². The Morgan fingerprint density at radius 3 is 3.06 bits per heavy atom. The number of hydrogen-bond acceptors (Lipinski definition) is 3. The van der Waals surface area contributed by atoms with Crippen LogP contribution >= 0.6 is 0 Å². The van der Waals surface area contributed by atoms with Crippen LogP contribution in [-0.2, 0) is 18.3 Å². The third-order valence-corrected chi connectivity index (χ3v) is 3.35. The summed E-state index contributed by atoms with van der Waals surface area (Å²) < 4.78 is 1.73. The molecule has 4 heteroatoms. The lowest BCUT2D eigenvalue weighted by atomic mass is 9.94. The standard InChI is InChI=1S/C14H15N3O/c1-17-7-6-10(16-17)8-14(18)12-9-15-13-5-3-2-4-11(12)13/h2-7,12,15H,8-9H2,1H3. The molecule has 92 valence electrons. The SMILES string of the molecule is Cn1ccc(CC(=O)C2CNc3ccccc32)n1. The minimum atomic E-state index is -0.0387. The van der Waals surface area contributed by atoms with Crippen LogP contribution in [0.25, 0.3) is 0 Å². The molecule has 0 fully saturated rings. The summed E-state index contributed by atoms with van der Waals surface area (Å²) in [4.78, 5) is 12.3. The number of benzene rings is 1. The molecule has 1 unspecified atom stereocenters. The number of fused-ring (bicyclic) bond motifs is 1. The van der Waals surface area contributed by atoms with Crippen LogP contribution < -0.4 is 5.32 Å². The Kier molecular flexibility index (Phi) is 2.63. The second-order valence-corrected chi connectivity index (χ2v) is 4.64. The molecule has 1 N–H and O–H groups in total. The van der Waals surface area contributed by atoms with Gasteiger partial charge in [-0.1, -0.05) is 18.2 Å². The molecule has 0 bridgehead atoms. The molecule has 0 spiro atoms. The van der Waals surface area contributed by atoms with Gasteiger partial charge in [0.15, 0.2) is 0 Å².